The molecule has 1 rings (SSSR count). The first kappa shape index (κ1) is 11.3. The van der Waals surface area contributed by atoms with Crippen LogP contribution in [0.25, 0.3) is 6.08 Å². The van der Waals surface area contributed by atoms with Crippen LogP contribution in [0.4, 0.5) is 0 Å². The summed E-state index contributed by atoms with van der Waals surface area (Å²) >= 11 is 8.81. The van der Waals surface area contributed by atoms with E-state index in [4.69, 9.17) is 16.7 Å². The molecule has 0 unspecified atom stereocenters. The van der Waals surface area contributed by atoms with Crippen molar-refractivity contribution in [2.45, 2.75) is 0 Å². The topological polar surface area (TPSA) is 37.3 Å². The molecule has 0 aliphatic heterocycles. The van der Waals surface area contributed by atoms with E-state index < -0.39 is 5.97 Å². The van der Waals surface area contributed by atoms with Gasteiger partial charge in [-0.25, -0.2) is 4.79 Å². The van der Waals surface area contributed by atoms with E-state index in [1.807, 2.05) is 0 Å². The van der Waals surface area contributed by atoms with Crippen molar-refractivity contribution < 1.29 is 9.90 Å². The van der Waals surface area contributed by atoms with Crippen LogP contribution in [0.5, 0.6) is 0 Å². The number of halogens is 2. The molecule has 4 heteroatoms. The fraction of sp³-hybridized carbons (Fsp3) is 0.100. The van der Waals surface area contributed by atoms with E-state index in [9.17, 15) is 4.79 Å². The summed E-state index contributed by atoms with van der Waals surface area (Å²) in [4.78, 5) is 10.7. The van der Waals surface area contributed by atoms with Gasteiger partial charge in [-0.15, -0.1) is 0 Å². The summed E-state index contributed by atoms with van der Waals surface area (Å²) in [5, 5.41) is 9.73. The summed E-state index contributed by atoms with van der Waals surface area (Å²) in [6, 6.07) is 6.99. The summed E-state index contributed by atoms with van der Waals surface area (Å²) in [7, 11) is 0. The van der Waals surface area contributed by atoms with Crippen LogP contribution in [-0.2, 0) is 4.79 Å². The predicted molar refractivity (Wildman–Crippen MR) is 60.9 cm³/mol. The number of carbonyl (C=O) groups is 1. The second-order valence-corrected chi connectivity index (χ2v) is 3.66. The molecule has 0 amide bonds. The third-order valence-corrected chi connectivity index (χ3v) is 2.49. The van der Waals surface area contributed by atoms with Gasteiger partial charge in [-0.2, -0.15) is 0 Å². The Labute approximate surface area is 95.3 Å². The molecule has 1 N–H and O–H groups in total. The molecule has 0 aliphatic carbocycles. The maximum atomic E-state index is 10.7. The normalized spacial score (nSPS) is 11.4. The number of hydrogen-bond donors (Lipinski definition) is 1. The zero-order valence-electron chi connectivity index (χ0n) is 7.21. The first-order chi connectivity index (χ1) is 6.63. The Bertz CT molecular complexity index is 357. The second kappa shape index (κ2) is 5.17. The molecule has 0 aliphatic rings. The molecule has 1 aromatic rings. The third-order valence-electron chi connectivity index (χ3n) is 1.63. The van der Waals surface area contributed by atoms with Crippen molar-refractivity contribution in [3.63, 3.8) is 0 Å². The first-order valence-corrected chi connectivity index (χ1v) is 5.39. The number of benzene rings is 1. The highest BCUT2D eigenvalue weighted by molar-refractivity contribution is 9.09. The van der Waals surface area contributed by atoms with Gasteiger partial charge in [-0.1, -0.05) is 39.7 Å². The van der Waals surface area contributed by atoms with Gasteiger partial charge in [-0.05, 0) is 23.8 Å². The van der Waals surface area contributed by atoms with Gasteiger partial charge in [0.25, 0.3) is 0 Å². The molecule has 0 fully saturated rings. The number of alkyl halides is 1. The van der Waals surface area contributed by atoms with Gasteiger partial charge >= 0.3 is 5.97 Å². The number of aliphatic carboxylic acids is 1. The Balaban J connectivity index is 2.95. The minimum absolute atomic E-state index is 0.312. The lowest BCUT2D eigenvalue weighted by atomic mass is 10.1. The van der Waals surface area contributed by atoms with Gasteiger partial charge in [0, 0.05) is 15.9 Å². The van der Waals surface area contributed by atoms with E-state index in [2.05, 4.69) is 15.9 Å². The van der Waals surface area contributed by atoms with Crippen LogP contribution >= 0.6 is 27.5 Å². The standard InChI is InChI=1S/C10H8BrClO2/c11-6-8(10(13)14)5-7-1-3-9(12)4-2-7/h1-5H,6H2,(H,13,14)/b8-5+. The Morgan fingerprint density at radius 3 is 2.43 bits per heavy atom. The molecule has 1 aromatic carbocycles. The van der Waals surface area contributed by atoms with E-state index in [-0.39, 0.29) is 0 Å². The summed E-state index contributed by atoms with van der Waals surface area (Å²) in [5.41, 5.74) is 1.14. The lowest BCUT2D eigenvalue weighted by molar-refractivity contribution is -0.132. The van der Waals surface area contributed by atoms with Crippen molar-refractivity contribution in [3.05, 3.63) is 40.4 Å². The van der Waals surface area contributed by atoms with Crippen LogP contribution in [0.15, 0.2) is 29.8 Å². The number of carboxylic acid groups (broad SMARTS) is 1. The number of carboxylic acids is 1. The van der Waals surface area contributed by atoms with E-state index in [0.717, 1.165) is 5.56 Å². The second-order valence-electron chi connectivity index (χ2n) is 2.66. The van der Waals surface area contributed by atoms with E-state index in [0.29, 0.717) is 15.9 Å². The van der Waals surface area contributed by atoms with Crippen LogP contribution in [0.2, 0.25) is 5.02 Å². The van der Waals surface area contributed by atoms with Crippen molar-refractivity contribution in [1.29, 1.82) is 0 Å². The number of rotatable bonds is 3. The molecular weight excluding hydrogens is 267 g/mol. The van der Waals surface area contributed by atoms with Crippen molar-refractivity contribution in [2.24, 2.45) is 0 Å². The summed E-state index contributed by atoms with van der Waals surface area (Å²) in [6.07, 6.45) is 1.60. The average Bonchev–Trinajstić information content (AvgIpc) is 2.16. The van der Waals surface area contributed by atoms with E-state index in [1.54, 1.807) is 30.3 Å². The molecule has 0 heterocycles. The smallest absolute Gasteiger partial charge is 0.332 e. The quantitative estimate of drug-likeness (QED) is 0.679. The van der Waals surface area contributed by atoms with Gasteiger partial charge in [0.05, 0.1) is 0 Å². The zero-order chi connectivity index (χ0) is 10.6. The molecule has 2 nitrogen and oxygen atoms in total. The highest BCUT2D eigenvalue weighted by atomic mass is 79.9. The van der Waals surface area contributed by atoms with Gasteiger partial charge in [-0.3, -0.25) is 0 Å². The van der Waals surface area contributed by atoms with Crippen LogP contribution in [0, 0.1) is 0 Å². The SMILES string of the molecule is O=C(O)/C(=C/c1ccc(Cl)cc1)CBr. The predicted octanol–water partition coefficient (Wildman–Crippen LogP) is 3.20. The molecule has 0 radical (unpaired) electrons. The molecule has 0 saturated heterocycles. The highest BCUT2D eigenvalue weighted by Gasteiger charge is 2.04. The van der Waals surface area contributed by atoms with Gasteiger partial charge in [0.1, 0.15) is 0 Å². The minimum Gasteiger partial charge on any atom is -0.478 e. The molecule has 74 valence electrons. The Hall–Kier alpha value is -0.800. The van der Waals surface area contributed by atoms with Gasteiger partial charge in [0.2, 0.25) is 0 Å². The molecule has 0 bridgehead atoms. The van der Waals surface area contributed by atoms with Crippen molar-refractivity contribution in [2.75, 3.05) is 5.33 Å². The third kappa shape index (κ3) is 3.16. The maximum absolute atomic E-state index is 10.7. The number of hydrogen-bond acceptors (Lipinski definition) is 1. The average molecular weight is 276 g/mol. The van der Waals surface area contributed by atoms with Crippen LogP contribution in [0.3, 0.4) is 0 Å². The van der Waals surface area contributed by atoms with E-state index in [1.165, 1.54) is 0 Å². The lowest BCUT2D eigenvalue weighted by Gasteiger charge is -1.97. The summed E-state index contributed by atoms with van der Waals surface area (Å²) in [6.45, 7) is 0. The Morgan fingerprint density at radius 2 is 2.00 bits per heavy atom. The van der Waals surface area contributed by atoms with Gasteiger partial charge < -0.3 is 5.11 Å². The fourth-order valence-electron chi connectivity index (χ4n) is 0.918. The zero-order valence-corrected chi connectivity index (χ0v) is 9.55. The Kier molecular flexibility index (Phi) is 4.17. The van der Waals surface area contributed by atoms with Gasteiger partial charge in [0.15, 0.2) is 0 Å². The maximum Gasteiger partial charge on any atom is 0.332 e. The largest absolute Gasteiger partial charge is 0.478 e. The van der Waals surface area contributed by atoms with Crippen molar-refractivity contribution in [3.8, 4) is 0 Å². The van der Waals surface area contributed by atoms with Crippen LogP contribution < -0.4 is 0 Å². The molecule has 0 spiro atoms. The minimum atomic E-state index is -0.920. The summed E-state index contributed by atoms with van der Waals surface area (Å²) in [5.74, 6) is -0.920. The molecular formula is C10H8BrClO2. The Morgan fingerprint density at radius 1 is 1.43 bits per heavy atom. The fourth-order valence-corrected chi connectivity index (χ4v) is 1.45. The highest BCUT2D eigenvalue weighted by Crippen LogP contribution is 2.13. The molecule has 0 aromatic heterocycles. The van der Waals surface area contributed by atoms with Crippen molar-refractivity contribution >= 4 is 39.6 Å². The molecule has 0 atom stereocenters. The first-order valence-electron chi connectivity index (χ1n) is 3.89. The lowest BCUT2D eigenvalue weighted by Crippen LogP contribution is -2.00. The molecule has 0 saturated carbocycles. The molecule has 14 heavy (non-hydrogen) atoms. The van der Waals surface area contributed by atoms with Crippen molar-refractivity contribution in [1.82, 2.24) is 0 Å². The summed E-state index contributed by atoms with van der Waals surface area (Å²) < 4.78 is 0. The van der Waals surface area contributed by atoms with E-state index >= 15 is 0 Å². The van der Waals surface area contributed by atoms with Crippen LogP contribution in [-0.4, -0.2) is 16.4 Å². The monoisotopic (exact) mass is 274 g/mol. The van der Waals surface area contributed by atoms with Crippen LogP contribution in [0.1, 0.15) is 5.56 Å².